The largest absolute Gasteiger partial charge is 0.330 e. The molecule has 122 valence electrons. The van der Waals surface area contributed by atoms with E-state index >= 15 is 0 Å². The molecule has 0 bridgehead atoms. The number of amides is 2. The van der Waals surface area contributed by atoms with Crippen LogP contribution in [0.15, 0.2) is 17.5 Å². The van der Waals surface area contributed by atoms with Crippen molar-refractivity contribution in [3.8, 4) is 0 Å². The Kier molecular flexibility index (Phi) is 5.03. The molecule has 2 fully saturated rings. The first-order valence-electron chi connectivity index (χ1n) is 8.48. The van der Waals surface area contributed by atoms with Crippen molar-refractivity contribution in [3.63, 3.8) is 0 Å². The van der Waals surface area contributed by atoms with E-state index in [1.165, 1.54) is 11.3 Å². The van der Waals surface area contributed by atoms with E-state index in [9.17, 15) is 4.79 Å². The van der Waals surface area contributed by atoms with Crippen LogP contribution in [0.25, 0.3) is 0 Å². The summed E-state index contributed by atoms with van der Waals surface area (Å²) < 4.78 is 0. The molecule has 4 nitrogen and oxygen atoms in total. The van der Waals surface area contributed by atoms with Crippen LogP contribution in [0.3, 0.4) is 0 Å². The molecule has 5 heteroatoms. The molecule has 0 aromatic carbocycles. The van der Waals surface area contributed by atoms with Crippen LogP contribution in [-0.4, -0.2) is 48.6 Å². The normalized spacial score (nSPS) is 27.3. The fraction of sp³-hybridized carbons (Fsp3) is 0.706. The van der Waals surface area contributed by atoms with Crippen LogP contribution in [0.1, 0.15) is 43.5 Å². The Morgan fingerprint density at radius 2 is 2.32 bits per heavy atom. The van der Waals surface area contributed by atoms with Crippen molar-refractivity contribution in [2.45, 2.75) is 44.7 Å². The number of likely N-dealkylation sites (tertiary alicyclic amines) is 2. The molecule has 0 saturated carbocycles. The number of fused-ring (bicyclic) bond motifs is 1. The zero-order valence-corrected chi connectivity index (χ0v) is 14.4. The number of carbonyl (C=O) groups is 1. The molecule has 0 spiro atoms. The molecule has 2 amide bonds. The van der Waals surface area contributed by atoms with E-state index in [0.29, 0.717) is 12.0 Å². The van der Waals surface area contributed by atoms with Crippen molar-refractivity contribution in [3.05, 3.63) is 22.4 Å². The Morgan fingerprint density at radius 3 is 3.05 bits per heavy atom. The maximum absolute atomic E-state index is 12.8. The maximum atomic E-state index is 12.8. The summed E-state index contributed by atoms with van der Waals surface area (Å²) in [5, 5.41) is 5.35. The third-order valence-corrected chi connectivity index (χ3v) is 6.11. The third-order valence-electron chi connectivity index (χ3n) is 5.12. The Morgan fingerprint density at radius 1 is 1.45 bits per heavy atom. The molecule has 1 aromatic rings. The molecule has 22 heavy (non-hydrogen) atoms. The zero-order valence-electron chi connectivity index (χ0n) is 13.6. The van der Waals surface area contributed by atoms with Gasteiger partial charge in [-0.15, -0.1) is 11.3 Å². The molecule has 0 aliphatic carbocycles. The summed E-state index contributed by atoms with van der Waals surface area (Å²) in [4.78, 5) is 18.6. The Labute approximate surface area is 137 Å². The van der Waals surface area contributed by atoms with Crippen molar-refractivity contribution < 1.29 is 4.79 Å². The molecule has 2 aliphatic rings. The van der Waals surface area contributed by atoms with Crippen molar-refractivity contribution in [2.24, 2.45) is 5.92 Å². The quantitative estimate of drug-likeness (QED) is 0.927. The van der Waals surface area contributed by atoms with E-state index in [1.54, 1.807) is 11.3 Å². The third kappa shape index (κ3) is 3.30. The summed E-state index contributed by atoms with van der Waals surface area (Å²) in [5.74, 6) is 0.653. The first-order chi connectivity index (χ1) is 10.7. The van der Waals surface area contributed by atoms with Gasteiger partial charge in [0.2, 0.25) is 0 Å². The van der Waals surface area contributed by atoms with Gasteiger partial charge in [-0.2, -0.15) is 0 Å². The number of nitrogens with one attached hydrogen (secondary N) is 1. The molecule has 1 aromatic heterocycles. The lowest BCUT2D eigenvalue weighted by atomic mass is 9.84. The minimum atomic E-state index is 0.138. The number of hydrogen-bond acceptors (Lipinski definition) is 3. The molecule has 3 heterocycles. The maximum Gasteiger partial charge on any atom is 0.318 e. The average Bonchev–Trinajstić information content (AvgIpc) is 3.05. The van der Waals surface area contributed by atoms with Gasteiger partial charge in [-0.05, 0) is 56.6 Å². The monoisotopic (exact) mass is 321 g/mol. The lowest BCUT2D eigenvalue weighted by Crippen LogP contribution is -2.57. The predicted octanol–water partition coefficient (Wildman–Crippen LogP) is 3.32. The van der Waals surface area contributed by atoms with Gasteiger partial charge in [0.15, 0.2) is 0 Å². The molecule has 2 saturated heterocycles. The summed E-state index contributed by atoms with van der Waals surface area (Å²) in [6, 6.07) is 4.90. The number of rotatable bonds is 3. The van der Waals surface area contributed by atoms with Crippen LogP contribution in [0, 0.1) is 5.92 Å². The molecule has 2 aliphatic heterocycles. The smallest absolute Gasteiger partial charge is 0.318 e. The van der Waals surface area contributed by atoms with E-state index in [0.717, 1.165) is 38.9 Å². The molecule has 0 radical (unpaired) electrons. The van der Waals surface area contributed by atoms with Gasteiger partial charge >= 0.3 is 6.03 Å². The van der Waals surface area contributed by atoms with Gasteiger partial charge in [0.05, 0.1) is 6.04 Å². The minimum absolute atomic E-state index is 0.138. The first-order valence-corrected chi connectivity index (χ1v) is 9.36. The second-order valence-electron chi connectivity index (χ2n) is 6.64. The highest BCUT2D eigenvalue weighted by Crippen LogP contribution is 2.31. The Hall–Kier alpha value is -1.07. The second kappa shape index (κ2) is 7.01. The van der Waals surface area contributed by atoms with E-state index in [4.69, 9.17) is 0 Å². The number of hydrogen-bond donors (Lipinski definition) is 1. The molecular formula is C17H27N3OS. The molecular weight excluding hydrogens is 294 g/mol. The summed E-state index contributed by atoms with van der Waals surface area (Å²) in [5.41, 5.74) is 0. The number of carbonyl (C=O) groups excluding carboxylic acids is 1. The van der Waals surface area contributed by atoms with Gasteiger partial charge in [0, 0.05) is 24.0 Å². The molecule has 3 atom stereocenters. The van der Waals surface area contributed by atoms with Crippen LogP contribution in [0.2, 0.25) is 0 Å². The number of urea groups is 1. The summed E-state index contributed by atoms with van der Waals surface area (Å²) >= 11 is 1.73. The topological polar surface area (TPSA) is 35.6 Å². The highest BCUT2D eigenvalue weighted by atomic mass is 32.1. The van der Waals surface area contributed by atoms with Crippen molar-refractivity contribution >= 4 is 17.4 Å². The highest BCUT2D eigenvalue weighted by Gasteiger charge is 2.37. The number of piperidine rings is 2. The molecule has 0 unspecified atom stereocenters. The average molecular weight is 321 g/mol. The standard InChI is InChI=1S/C17H27N3OS/c1-3-14(16-7-5-11-22-16)18-17(21)20-9-4-6-13-12-19(2)10-8-15(13)20/h5,7,11,13-15H,3-4,6,8-10,12H2,1-2H3,(H,18,21)/t13-,14+,15-/m1/s1. The van der Waals surface area contributed by atoms with Crippen LogP contribution >= 0.6 is 11.3 Å². The lowest BCUT2D eigenvalue weighted by molar-refractivity contribution is 0.0523. The summed E-state index contributed by atoms with van der Waals surface area (Å²) in [6.45, 7) is 5.29. The second-order valence-corrected chi connectivity index (χ2v) is 7.62. The Bertz CT molecular complexity index is 490. The van der Waals surface area contributed by atoms with E-state index < -0.39 is 0 Å². The Balaban J connectivity index is 1.66. The van der Waals surface area contributed by atoms with Gasteiger partial charge in [-0.3, -0.25) is 0 Å². The van der Waals surface area contributed by atoms with E-state index in [1.807, 2.05) is 0 Å². The fourth-order valence-electron chi connectivity index (χ4n) is 3.93. The molecule has 3 rings (SSSR count). The van der Waals surface area contributed by atoms with Gasteiger partial charge in [0.1, 0.15) is 0 Å². The van der Waals surface area contributed by atoms with E-state index in [2.05, 4.69) is 46.6 Å². The van der Waals surface area contributed by atoms with Gasteiger partial charge < -0.3 is 15.1 Å². The van der Waals surface area contributed by atoms with Crippen molar-refractivity contribution in [1.29, 1.82) is 0 Å². The first kappa shape index (κ1) is 15.8. The van der Waals surface area contributed by atoms with Crippen LogP contribution < -0.4 is 5.32 Å². The number of nitrogens with zero attached hydrogens (tertiary/aromatic N) is 2. The van der Waals surface area contributed by atoms with Gasteiger partial charge in [-0.1, -0.05) is 13.0 Å². The fourth-order valence-corrected chi connectivity index (χ4v) is 4.79. The number of thiophene rings is 1. The predicted molar refractivity (Wildman–Crippen MR) is 91.2 cm³/mol. The van der Waals surface area contributed by atoms with Crippen LogP contribution in [0.4, 0.5) is 4.79 Å². The van der Waals surface area contributed by atoms with Crippen LogP contribution in [-0.2, 0) is 0 Å². The summed E-state index contributed by atoms with van der Waals surface area (Å²) in [7, 11) is 2.19. The van der Waals surface area contributed by atoms with Gasteiger partial charge in [-0.25, -0.2) is 4.79 Å². The van der Waals surface area contributed by atoms with Gasteiger partial charge in [0.25, 0.3) is 0 Å². The summed E-state index contributed by atoms with van der Waals surface area (Å²) in [6.07, 6.45) is 4.46. The van der Waals surface area contributed by atoms with Crippen molar-refractivity contribution in [1.82, 2.24) is 15.1 Å². The molecule has 1 N–H and O–H groups in total. The SMILES string of the molecule is CC[C@H](NC(=O)N1CCC[C@@H]2CN(C)CC[C@H]21)c1cccs1. The highest BCUT2D eigenvalue weighted by molar-refractivity contribution is 7.10. The van der Waals surface area contributed by atoms with Crippen LogP contribution in [0.5, 0.6) is 0 Å². The minimum Gasteiger partial charge on any atom is -0.330 e. The van der Waals surface area contributed by atoms with Crippen molar-refractivity contribution in [2.75, 3.05) is 26.7 Å². The van der Waals surface area contributed by atoms with E-state index in [-0.39, 0.29) is 12.1 Å². The zero-order chi connectivity index (χ0) is 15.5. The lowest BCUT2D eigenvalue weighted by Gasteiger charge is -2.46.